The van der Waals surface area contributed by atoms with Gasteiger partial charge in [-0.25, -0.2) is 9.97 Å². The van der Waals surface area contributed by atoms with Gasteiger partial charge < -0.3 is 10.5 Å². The minimum Gasteiger partial charge on any atom is -0.367 e. The van der Waals surface area contributed by atoms with Gasteiger partial charge in [0.15, 0.2) is 5.82 Å². The van der Waals surface area contributed by atoms with E-state index >= 15 is 0 Å². The van der Waals surface area contributed by atoms with Gasteiger partial charge in [-0.1, -0.05) is 0 Å². The van der Waals surface area contributed by atoms with Gasteiger partial charge in [-0.2, -0.15) is 0 Å². The Bertz CT molecular complexity index is 455. The van der Waals surface area contributed by atoms with Gasteiger partial charge in [-0.05, 0) is 63.5 Å². The first kappa shape index (κ1) is 13.0. The van der Waals surface area contributed by atoms with Gasteiger partial charge in [0.25, 0.3) is 0 Å². The summed E-state index contributed by atoms with van der Waals surface area (Å²) >= 11 is 0. The topological polar surface area (TPSA) is 61.0 Å². The summed E-state index contributed by atoms with van der Waals surface area (Å²) in [5, 5.41) is 0. The standard InChI is InChI=1S/C15H23N3O/c1-15(6-2-3-7-19-15)14-17-10-12-8-11(9-16)4-5-13(12)18-14/h10-11H,2-9,16H2,1H3. The van der Waals surface area contributed by atoms with Crippen LogP contribution in [0.2, 0.25) is 0 Å². The molecule has 0 spiro atoms. The monoisotopic (exact) mass is 261 g/mol. The smallest absolute Gasteiger partial charge is 0.160 e. The Hall–Kier alpha value is -1.00. The quantitative estimate of drug-likeness (QED) is 0.884. The third kappa shape index (κ3) is 2.51. The van der Waals surface area contributed by atoms with E-state index in [2.05, 4.69) is 11.9 Å². The van der Waals surface area contributed by atoms with E-state index in [1.54, 1.807) is 0 Å². The second-order valence-electron chi connectivity index (χ2n) is 6.05. The summed E-state index contributed by atoms with van der Waals surface area (Å²) in [6, 6.07) is 0. The van der Waals surface area contributed by atoms with Gasteiger partial charge in [0.05, 0.1) is 0 Å². The van der Waals surface area contributed by atoms with Crippen molar-refractivity contribution in [2.75, 3.05) is 13.2 Å². The molecule has 0 saturated carbocycles. The van der Waals surface area contributed by atoms with E-state index in [1.807, 2.05) is 6.20 Å². The number of fused-ring (bicyclic) bond motifs is 1. The van der Waals surface area contributed by atoms with Crippen LogP contribution in [0.4, 0.5) is 0 Å². The molecule has 104 valence electrons. The summed E-state index contributed by atoms with van der Waals surface area (Å²) < 4.78 is 5.94. The van der Waals surface area contributed by atoms with Gasteiger partial charge >= 0.3 is 0 Å². The van der Waals surface area contributed by atoms with Crippen molar-refractivity contribution in [3.05, 3.63) is 23.3 Å². The van der Waals surface area contributed by atoms with E-state index < -0.39 is 0 Å². The molecule has 1 aliphatic carbocycles. The second kappa shape index (κ2) is 5.17. The van der Waals surface area contributed by atoms with Crippen molar-refractivity contribution >= 4 is 0 Å². The highest BCUT2D eigenvalue weighted by atomic mass is 16.5. The lowest BCUT2D eigenvalue weighted by molar-refractivity contribution is -0.0762. The van der Waals surface area contributed by atoms with Crippen LogP contribution in [0.25, 0.3) is 0 Å². The molecule has 0 amide bonds. The molecule has 2 unspecified atom stereocenters. The summed E-state index contributed by atoms with van der Waals surface area (Å²) in [4.78, 5) is 9.38. The van der Waals surface area contributed by atoms with Gasteiger partial charge in [0.1, 0.15) is 5.60 Å². The minimum atomic E-state index is -0.280. The predicted molar refractivity (Wildman–Crippen MR) is 73.8 cm³/mol. The number of aromatic nitrogens is 2. The molecular weight excluding hydrogens is 238 g/mol. The van der Waals surface area contributed by atoms with Gasteiger partial charge in [0.2, 0.25) is 0 Å². The lowest BCUT2D eigenvalue weighted by Gasteiger charge is -2.33. The summed E-state index contributed by atoms with van der Waals surface area (Å²) in [6.07, 6.45) is 8.59. The Morgan fingerprint density at radius 2 is 2.37 bits per heavy atom. The lowest BCUT2D eigenvalue weighted by Crippen LogP contribution is -2.33. The fraction of sp³-hybridized carbons (Fsp3) is 0.733. The van der Waals surface area contributed by atoms with Crippen LogP contribution < -0.4 is 5.73 Å². The van der Waals surface area contributed by atoms with E-state index in [1.165, 1.54) is 17.7 Å². The second-order valence-corrected chi connectivity index (χ2v) is 6.05. The molecule has 1 fully saturated rings. The number of ether oxygens (including phenoxy) is 1. The average Bonchev–Trinajstić information content (AvgIpc) is 2.47. The molecule has 1 aromatic rings. The summed E-state index contributed by atoms with van der Waals surface area (Å²) in [6.45, 7) is 3.72. The van der Waals surface area contributed by atoms with Crippen molar-refractivity contribution < 1.29 is 4.74 Å². The molecule has 0 bridgehead atoms. The zero-order valence-electron chi connectivity index (χ0n) is 11.7. The van der Waals surface area contributed by atoms with E-state index in [9.17, 15) is 0 Å². The maximum atomic E-state index is 5.94. The van der Waals surface area contributed by atoms with Crippen molar-refractivity contribution in [1.29, 1.82) is 0 Å². The SMILES string of the molecule is CC1(c2ncc3c(n2)CCC(CN)C3)CCCCO1. The maximum Gasteiger partial charge on any atom is 0.160 e. The van der Waals surface area contributed by atoms with Crippen LogP contribution in [0.5, 0.6) is 0 Å². The van der Waals surface area contributed by atoms with Crippen molar-refractivity contribution in [1.82, 2.24) is 9.97 Å². The predicted octanol–water partition coefficient (Wildman–Crippen LogP) is 1.96. The van der Waals surface area contributed by atoms with Crippen LogP contribution >= 0.6 is 0 Å². The fourth-order valence-corrected chi connectivity index (χ4v) is 3.15. The molecule has 0 radical (unpaired) electrons. The first-order valence-corrected chi connectivity index (χ1v) is 7.40. The maximum absolute atomic E-state index is 5.94. The van der Waals surface area contributed by atoms with E-state index in [4.69, 9.17) is 15.5 Å². The van der Waals surface area contributed by atoms with E-state index in [0.717, 1.165) is 51.1 Å². The molecule has 1 saturated heterocycles. The molecule has 4 heteroatoms. The number of hydrogen-bond acceptors (Lipinski definition) is 4. The lowest BCUT2D eigenvalue weighted by atomic mass is 9.87. The third-order valence-electron chi connectivity index (χ3n) is 4.53. The van der Waals surface area contributed by atoms with Crippen molar-refractivity contribution in [3.63, 3.8) is 0 Å². The van der Waals surface area contributed by atoms with Gasteiger partial charge in [-0.15, -0.1) is 0 Å². The zero-order valence-corrected chi connectivity index (χ0v) is 11.7. The highest BCUT2D eigenvalue weighted by Gasteiger charge is 2.33. The molecule has 1 aliphatic heterocycles. The van der Waals surface area contributed by atoms with E-state index in [0.29, 0.717) is 5.92 Å². The number of rotatable bonds is 2. The zero-order chi connectivity index (χ0) is 13.3. The molecule has 2 atom stereocenters. The van der Waals surface area contributed by atoms with Crippen LogP contribution in [0.15, 0.2) is 6.20 Å². The molecule has 1 aromatic heterocycles. The third-order valence-corrected chi connectivity index (χ3v) is 4.53. The Labute approximate surface area is 114 Å². The molecule has 3 rings (SSSR count). The Morgan fingerprint density at radius 3 is 3.11 bits per heavy atom. The summed E-state index contributed by atoms with van der Waals surface area (Å²) in [7, 11) is 0. The summed E-state index contributed by atoms with van der Waals surface area (Å²) in [5.74, 6) is 1.47. The molecule has 0 aromatic carbocycles. The summed E-state index contributed by atoms with van der Waals surface area (Å²) in [5.41, 5.74) is 7.98. The molecular formula is C15H23N3O. The van der Waals surface area contributed by atoms with Crippen LogP contribution in [0.3, 0.4) is 0 Å². The minimum absolute atomic E-state index is 0.280. The highest BCUT2D eigenvalue weighted by Crippen LogP contribution is 2.33. The van der Waals surface area contributed by atoms with Crippen LogP contribution in [0, 0.1) is 5.92 Å². The molecule has 2 aliphatic rings. The number of hydrogen-bond donors (Lipinski definition) is 1. The average molecular weight is 261 g/mol. The van der Waals surface area contributed by atoms with Crippen LogP contribution in [-0.2, 0) is 23.2 Å². The first-order valence-electron chi connectivity index (χ1n) is 7.40. The van der Waals surface area contributed by atoms with Crippen molar-refractivity contribution in [2.24, 2.45) is 11.7 Å². The van der Waals surface area contributed by atoms with Gasteiger partial charge in [0, 0.05) is 18.5 Å². The van der Waals surface area contributed by atoms with Crippen molar-refractivity contribution in [2.45, 2.75) is 51.0 Å². The first-order chi connectivity index (χ1) is 9.21. The number of aryl methyl sites for hydroxylation is 1. The molecule has 4 nitrogen and oxygen atoms in total. The largest absolute Gasteiger partial charge is 0.367 e. The molecule has 2 N–H and O–H groups in total. The number of nitrogens with zero attached hydrogens (tertiary/aromatic N) is 2. The Kier molecular flexibility index (Phi) is 3.54. The van der Waals surface area contributed by atoms with Crippen LogP contribution in [0.1, 0.15) is 49.7 Å². The molecule has 19 heavy (non-hydrogen) atoms. The Balaban J connectivity index is 1.85. The normalized spacial score (nSPS) is 30.9. The van der Waals surface area contributed by atoms with Crippen LogP contribution in [-0.4, -0.2) is 23.1 Å². The fourth-order valence-electron chi connectivity index (χ4n) is 3.15. The van der Waals surface area contributed by atoms with Crippen molar-refractivity contribution in [3.8, 4) is 0 Å². The molecule has 2 heterocycles. The highest BCUT2D eigenvalue weighted by molar-refractivity contribution is 5.23. The van der Waals surface area contributed by atoms with Gasteiger partial charge in [-0.3, -0.25) is 0 Å². The van der Waals surface area contributed by atoms with E-state index in [-0.39, 0.29) is 5.60 Å². The number of nitrogens with two attached hydrogens (primary N) is 1. The Morgan fingerprint density at radius 1 is 1.47 bits per heavy atom.